The molecule has 1 aliphatic rings. The second kappa shape index (κ2) is 5.52. The van der Waals surface area contributed by atoms with Crippen LogP contribution >= 0.6 is 11.3 Å². The van der Waals surface area contributed by atoms with Gasteiger partial charge in [-0.15, -0.1) is 11.3 Å². The van der Waals surface area contributed by atoms with Crippen molar-refractivity contribution in [3.8, 4) is 0 Å². The number of ketones is 1. The smallest absolute Gasteiger partial charge is 0.178 e. The number of hydrogen-bond donors (Lipinski definition) is 0. The number of carbonyl (C=O) groups excluding carboxylic acids is 1. The lowest BCUT2D eigenvalue weighted by atomic mass is 9.99. The van der Waals surface area contributed by atoms with Crippen LogP contribution in [0.2, 0.25) is 0 Å². The molecule has 4 heteroatoms. The molecular formula is C16H20N2OS. The standard InChI is InChI=1S/C16H20N2OS/c1-11(2)18-8-7-13(17-18)10-14(19)16-9-12-5-3-4-6-15(12)20-16/h7-9,11H,3-6,10H2,1-2H3. The minimum Gasteiger partial charge on any atom is -0.293 e. The summed E-state index contributed by atoms with van der Waals surface area (Å²) in [6.45, 7) is 4.18. The zero-order valence-corrected chi connectivity index (χ0v) is 12.9. The van der Waals surface area contributed by atoms with E-state index in [0.717, 1.165) is 23.4 Å². The zero-order chi connectivity index (χ0) is 14.1. The van der Waals surface area contributed by atoms with Crippen molar-refractivity contribution in [2.24, 2.45) is 0 Å². The summed E-state index contributed by atoms with van der Waals surface area (Å²) >= 11 is 1.69. The van der Waals surface area contributed by atoms with Gasteiger partial charge in [-0.3, -0.25) is 9.48 Å². The minimum atomic E-state index is 0.207. The van der Waals surface area contributed by atoms with Crippen molar-refractivity contribution in [3.63, 3.8) is 0 Å². The fraction of sp³-hybridized carbons (Fsp3) is 0.500. The number of nitrogens with zero attached hydrogens (tertiary/aromatic N) is 2. The highest BCUT2D eigenvalue weighted by Crippen LogP contribution is 2.30. The van der Waals surface area contributed by atoms with Crippen LogP contribution in [0, 0.1) is 0 Å². The average Bonchev–Trinajstić information content (AvgIpc) is 3.04. The third-order valence-corrected chi connectivity index (χ3v) is 5.08. The molecule has 0 radical (unpaired) electrons. The summed E-state index contributed by atoms with van der Waals surface area (Å²) in [6.07, 6.45) is 7.18. The largest absolute Gasteiger partial charge is 0.293 e. The van der Waals surface area contributed by atoms with E-state index < -0.39 is 0 Å². The number of rotatable bonds is 4. The number of fused-ring (bicyclic) bond motifs is 1. The summed E-state index contributed by atoms with van der Waals surface area (Å²) in [5, 5.41) is 4.46. The van der Waals surface area contributed by atoms with E-state index in [0.29, 0.717) is 12.5 Å². The Morgan fingerprint density at radius 2 is 2.20 bits per heavy atom. The van der Waals surface area contributed by atoms with E-state index in [4.69, 9.17) is 0 Å². The molecule has 2 heterocycles. The summed E-state index contributed by atoms with van der Waals surface area (Å²) < 4.78 is 1.90. The third kappa shape index (κ3) is 2.70. The lowest BCUT2D eigenvalue weighted by Gasteiger charge is -2.08. The number of aromatic nitrogens is 2. The number of carbonyl (C=O) groups is 1. The highest BCUT2D eigenvalue weighted by atomic mass is 32.1. The molecule has 20 heavy (non-hydrogen) atoms. The van der Waals surface area contributed by atoms with Crippen LogP contribution in [-0.4, -0.2) is 15.6 Å². The first-order chi connectivity index (χ1) is 9.63. The van der Waals surface area contributed by atoms with Crippen LogP contribution < -0.4 is 0 Å². The molecule has 2 aromatic rings. The molecule has 3 nitrogen and oxygen atoms in total. The average molecular weight is 288 g/mol. The first-order valence-electron chi connectivity index (χ1n) is 7.32. The molecule has 1 aliphatic carbocycles. The van der Waals surface area contributed by atoms with Crippen LogP contribution in [0.1, 0.15) is 58.5 Å². The third-order valence-electron chi connectivity index (χ3n) is 3.81. The monoisotopic (exact) mass is 288 g/mol. The number of Topliss-reactive ketones (excluding diaryl/α,β-unsaturated/α-hetero) is 1. The van der Waals surface area contributed by atoms with E-state index in [1.54, 1.807) is 11.3 Å². The number of aryl methyl sites for hydroxylation is 2. The summed E-state index contributed by atoms with van der Waals surface area (Å²) in [6, 6.07) is 4.40. The first-order valence-corrected chi connectivity index (χ1v) is 8.14. The van der Waals surface area contributed by atoms with E-state index in [9.17, 15) is 4.79 Å². The molecule has 2 aromatic heterocycles. The molecule has 0 bridgehead atoms. The molecule has 106 valence electrons. The fourth-order valence-corrected chi connectivity index (χ4v) is 3.83. The van der Waals surface area contributed by atoms with Gasteiger partial charge < -0.3 is 0 Å². The predicted octanol–water partition coefficient (Wildman–Crippen LogP) is 3.83. The molecule has 0 saturated heterocycles. The van der Waals surface area contributed by atoms with Gasteiger partial charge in [-0.25, -0.2) is 0 Å². The Kier molecular flexibility index (Phi) is 3.74. The van der Waals surface area contributed by atoms with Gasteiger partial charge in [0.25, 0.3) is 0 Å². The van der Waals surface area contributed by atoms with Crippen LogP contribution in [0.15, 0.2) is 18.3 Å². The van der Waals surface area contributed by atoms with E-state index in [-0.39, 0.29) is 5.78 Å². The van der Waals surface area contributed by atoms with Crippen LogP contribution in [0.3, 0.4) is 0 Å². The van der Waals surface area contributed by atoms with Crippen molar-refractivity contribution in [2.75, 3.05) is 0 Å². The van der Waals surface area contributed by atoms with Gasteiger partial charge in [0.15, 0.2) is 5.78 Å². The number of hydrogen-bond acceptors (Lipinski definition) is 3. The summed E-state index contributed by atoms with van der Waals surface area (Å²) in [5.74, 6) is 0.207. The zero-order valence-electron chi connectivity index (χ0n) is 12.1. The fourth-order valence-electron chi connectivity index (χ4n) is 2.64. The highest BCUT2D eigenvalue weighted by Gasteiger charge is 2.18. The molecule has 0 aromatic carbocycles. The number of thiophene rings is 1. The Balaban J connectivity index is 1.73. The molecule has 0 fully saturated rings. The SMILES string of the molecule is CC(C)n1ccc(CC(=O)c2cc3c(s2)CCCC3)n1. The van der Waals surface area contributed by atoms with Gasteiger partial charge in [0.2, 0.25) is 0 Å². The Labute approximate surface area is 123 Å². The lowest BCUT2D eigenvalue weighted by Crippen LogP contribution is -2.05. The van der Waals surface area contributed by atoms with Crippen molar-refractivity contribution < 1.29 is 4.79 Å². The topological polar surface area (TPSA) is 34.9 Å². The van der Waals surface area contributed by atoms with E-state index in [2.05, 4.69) is 25.0 Å². The molecule has 0 unspecified atom stereocenters. The molecule has 0 N–H and O–H groups in total. The molecule has 0 saturated carbocycles. The molecular weight excluding hydrogens is 268 g/mol. The summed E-state index contributed by atoms with van der Waals surface area (Å²) in [4.78, 5) is 14.7. The second-order valence-electron chi connectivity index (χ2n) is 5.75. The van der Waals surface area contributed by atoms with Crippen LogP contribution in [0.5, 0.6) is 0 Å². The van der Waals surface area contributed by atoms with Gasteiger partial charge in [-0.2, -0.15) is 5.10 Å². The van der Waals surface area contributed by atoms with Crippen LogP contribution in [-0.2, 0) is 19.3 Å². The Morgan fingerprint density at radius 3 is 2.90 bits per heavy atom. The van der Waals surface area contributed by atoms with Gasteiger partial charge in [-0.05, 0) is 57.2 Å². The van der Waals surface area contributed by atoms with Crippen molar-refractivity contribution in [1.82, 2.24) is 9.78 Å². The minimum absolute atomic E-state index is 0.207. The van der Waals surface area contributed by atoms with Crippen LogP contribution in [0.4, 0.5) is 0 Å². The van der Waals surface area contributed by atoms with E-state index in [1.165, 1.54) is 23.3 Å². The Morgan fingerprint density at radius 1 is 1.40 bits per heavy atom. The van der Waals surface area contributed by atoms with Gasteiger partial charge in [0.1, 0.15) is 0 Å². The van der Waals surface area contributed by atoms with Crippen molar-refractivity contribution >= 4 is 17.1 Å². The van der Waals surface area contributed by atoms with Crippen molar-refractivity contribution in [1.29, 1.82) is 0 Å². The van der Waals surface area contributed by atoms with Gasteiger partial charge in [0.05, 0.1) is 17.0 Å². The van der Waals surface area contributed by atoms with E-state index >= 15 is 0 Å². The van der Waals surface area contributed by atoms with Crippen LogP contribution in [0.25, 0.3) is 0 Å². The van der Waals surface area contributed by atoms with E-state index in [1.807, 2.05) is 16.9 Å². The quantitative estimate of drug-likeness (QED) is 0.801. The lowest BCUT2D eigenvalue weighted by molar-refractivity contribution is 0.0995. The Bertz CT molecular complexity index is 601. The Hall–Kier alpha value is -1.42. The first kappa shape index (κ1) is 13.6. The maximum atomic E-state index is 12.4. The maximum absolute atomic E-state index is 12.4. The maximum Gasteiger partial charge on any atom is 0.178 e. The second-order valence-corrected chi connectivity index (χ2v) is 6.88. The molecule has 0 atom stereocenters. The van der Waals surface area contributed by atoms with Crippen molar-refractivity contribution in [2.45, 2.75) is 52.0 Å². The molecule has 0 aliphatic heterocycles. The normalized spacial score (nSPS) is 14.6. The van der Waals surface area contributed by atoms with Gasteiger partial charge in [0, 0.05) is 17.1 Å². The molecule has 3 rings (SSSR count). The van der Waals surface area contributed by atoms with Gasteiger partial charge in [-0.1, -0.05) is 0 Å². The molecule has 0 spiro atoms. The highest BCUT2D eigenvalue weighted by molar-refractivity contribution is 7.14. The summed E-state index contributed by atoms with van der Waals surface area (Å²) in [7, 11) is 0. The molecule has 0 amide bonds. The summed E-state index contributed by atoms with van der Waals surface area (Å²) in [5.41, 5.74) is 2.27. The van der Waals surface area contributed by atoms with Crippen molar-refractivity contribution in [3.05, 3.63) is 39.3 Å². The van der Waals surface area contributed by atoms with Gasteiger partial charge >= 0.3 is 0 Å². The predicted molar refractivity (Wildman–Crippen MR) is 81.6 cm³/mol.